The lowest BCUT2D eigenvalue weighted by Crippen LogP contribution is -2.34. The first-order valence-corrected chi connectivity index (χ1v) is 13.3. The SMILES string of the molecule is O=C1CCC(c2ccc3c(c2)[nH]c(=O)n3CCNCC(O)COc2ccc(CCOCC3CC3)cc2)=NN1. The third kappa shape index (κ3) is 7.09. The fourth-order valence-corrected chi connectivity index (χ4v) is 4.44. The van der Waals surface area contributed by atoms with E-state index in [1.54, 1.807) is 4.57 Å². The van der Waals surface area contributed by atoms with Crippen molar-refractivity contribution < 1.29 is 19.4 Å². The summed E-state index contributed by atoms with van der Waals surface area (Å²) in [4.78, 5) is 26.7. The molecule has 1 aromatic heterocycles. The molecule has 2 aliphatic rings. The summed E-state index contributed by atoms with van der Waals surface area (Å²) in [5, 5.41) is 17.6. The number of aromatic amines is 1. The van der Waals surface area contributed by atoms with Gasteiger partial charge in [0.05, 0.1) is 23.4 Å². The Balaban J connectivity index is 1.03. The molecule has 3 aromatic rings. The molecule has 1 saturated carbocycles. The molecule has 10 nitrogen and oxygen atoms in total. The second-order valence-electron chi connectivity index (χ2n) is 9.99. The van der Waals surface area contributed by atoms with Crippen LogP contribution in [0, 0.1) is 5.92 Å². The number of aromatic nitrogens is 2. The van der Waals surface area contributed by atoms with Crippen molar-refractivity contribution in [2.75, 3.05) is 32.9 Å². The number of carbonyl (C=O) groups excluding carboxylic acids is 1. The van der Waals surface area contributed by atoms with Crippen LogP contribution >= 0.6 is 0 Å². The van der Waals surface area contributed by atoms with Gasteiger partial charge in [-0.25, -0.2) is 10.2 Å². The lowest BCUT2D eigenvalue weighted by molar-refractivity contribution is -0.121. The number of amides is 1. The lowest BCUT2D eigenvalue weighted by Gasteiger charge is -2.14. The van der Waals surface area contributed by atoms with Gasteiger partial charge in [0.15, 0.2) is 0 Å². The maximum Gasteiger partial charge on any atom is 0.326 e. The van der Waals surface area contributed by atoms with E-state index in [9.17, 15) is 14.7 Å². The number of imidazole rings is 1. The fraction of sp³-hybridized carbons (Fsp3) is 0.464. The summed E-state index contributed by atoms with van der Waals surface area (Å²) in [5.74, 6) is 1.42. The first-order valence-electron chi connectivity index (χ1n) is 13.3. The minimum absolute atomic E-state index is 0.0898. The number of nitrogens with zero attached hydrogens (tertiary/aromatic N) is 2. The molecule has 2 aromatic carbocycles. The molecular formula is C28H35N5O5. The Morgan fingerprint density at radius 1 is 1.13 bits per heavy atom. The average Bonchev–Trinajstić information content (AvgIpc) is 3.70. The number of aliphatic hydroxyl groups is 1. The molecular weight excluding hydrogens is 486 g/mol. The maximum atomic E-state index is 12.5. The van der Waals surface area contributed by atoms with E-state index in [1.165, 1.54) is 18.4 Å². The molecule has 1 atom stereocenters. The predicted molar refractivity (Wildman–Crippen MR) is 145 cm³/mol. The van der Waals surface area contributed by atoms with Crippen LogP contribution < -0.4 is 21.2 Å². The van der Waals surface area contributed by atoms with Crippen molar-refractivity contribution in [3.8, 4) is 5.75 Å². The van der Waals surface area contributed by atoms with E-state index < -0.39 is 6.10 Å². The normalized spacial score (nSPS) is 16.3. The molecule has 1 unspecified atom stereocenters. The van der Waals surface area contributed by atoms with E-state index in [4.69, 9.17) is 9.47 Å². The first-order chi connectivity index (χ1) is 18.5. The van der Waals surface area contributed by atoms with E-state index in [-0.39, 0.29) is 18.2 Å². The van der Waals surface area contributed by atoms with Crippen LogP contribution in [0.2, 0.25) is 0 Å². The molecule has 5 rings (SSSR count). The van der Waals surface area contributed by atoms with Crippen LogP contribution in [0.1, 0.15) is 36.8 Å². The number of hydrogen-bond acceptors (Lipinski definition) is 7. The van der Waals surface area contributed by atoms with Gasteiger partial charge in [0.1, 0.15) is 18.5 Å². The summed E-state index contributed by atoms with van der Waals surface area (Å²) in [7, 11) is 0. The number of hydrazone groups is 1. The zero-order valence-corrected chi connectivity index (χ0v) is 21.4. The number of fused-ring (bicyclic) bond motifs is 1. The standard InChI is InChI=1S/C28H35N5O5/c34-22(18-38-23-6-3-19(4-7-23)11-14-37-17-20-1-2-20)16-29-12-13-33-26-9-5-21(15-25(26)30-28(33)36)24-8-10-27(35)32-31-24/h3-7,9,15,20,22,29,34H,1-2,8,10-14,16-18H2,(H,30,36)(H,32,35). The van der Waals surface area contributed by atoms with Gasteiger partial charge in [-0.3, -0.25) is 9.36 Å². The number of hydrogen-bond donors (Lipinski definition) is 4. The van der Waals surface area contributed by atoms with E-state index in [0.29, 0.717) is 32.5 Å². The highest BCUT2D eigenvalue weighted by atomic mass is 16.5. The lowest BCUT2D eigenvalue weighted by atomic mass is 10.0. The Kier molecular flexibility index (Phi) is 8.52. The van der Waals surface area contributed by atoms with Crippen molar-refractivity contribution in [3.05, 3.63) is 64.1 Å². The van der Waals surface area contributed by atoms with Crippen LogP contribution in [0.3, 0.4) is 0 Å². The van der Waals surface area contributed by atoms with Crippen LogP contribution in [-0.4, -0.2) is 65.3 Å². The molecule has 0 radical (unpaired) electrons. The zero-order chi connectivity index (χ0) is 26.3. The molecule has 0 spiro atoms. The van der Waals surface area contributed by atoms with Gasteiger partial charge in [-0.2, -0.15) is 5.10 Å². The third-order valence-electron chi connectivity index (χ3n) is 6.86. The molecule has 1 amide bonds. The highest BCUT2D eigenvalue weighted by molar-refractivity contribution is 6.05. The van der Waals surface area contributed by atoms with Gasteiger partial charge in [-0.15, -0.1) is 0 Å². The van der Waals surface area contributed by atoms with Crippen molar-refractivity contribution in [1.82, 2.24) is 20.3 Å². The van der Waals surface area contributed by atoms with Crippen molar-refractivity contribution >= 4 is 22.7 Å². The van der Waals surface area contributed by atoms with Crippen LogP contribution in [0.25, 0.3) is 11.0 Å². The Morgan fingerprint density at radius 3 is 2.74 bits per heavy atom. The van der Waals surface area contributed by atoms with Gasteiger partial charge < -0.3 is 24.9 Å². The number of rotatable bonds is 14. The van der Waals surface area contributed by atoms with E-state index >= 15 is 0 Å². The van der Waals surface area contributed by atoms with E-state index in [0.717, 1.165) is 53.6 Å². The average molecular weight is 522 g/mol. The van der Waals surface area contributed by atoms with E-state index in [2.05, 4.69) is 20.8 Å². The molecule has 10 heteroatoms. The summed E-state index contributed by atoms with van der Waals surface area (Å²) < 4.78 is 13.1. The molecule has 38 heavy (non-hydrogen) atoms. The Morgan fingerprint density at radius 2 is 1.97 bits per heavy atom. The predicted octanol–water partition coefficient (Wildman–Crippen LogP) is 1.94. The number of benzene rings is 2. The van der Waals surface area contributed by atoms with Gasteiger partial charge in [0.25, 0.3) is 0 Å². The minimum atomic E-state index is -0.676. The maximum absolute atomic E-state index is 12.5. The van der Waals surface area contributed by atoms with Gasteiger partial charge >= 0.3 is 5.69 Å². The quantitative estimate of drug-likeness (QED) is 0.240. The monoisotopic (exact) mass is 521 g/mol. The molecule has 1 fully saturated rings. The van der Waals surface area contributed by atoms with Crippen LogP contribution in [0.4, 0.5) is 0 Å². The van der Waals surface area contributed by atoms with Gasteiger partial charge in [0, 0.05) is 39.1 Å². The number of nitrogens with one attached hydrogen (secondary N) is 3. The second-order valence-corrected chi connectivity index (χ2v) is 9.99. The van der Waals surface area contributed by atoms with Crippen molar-refractivity contribution in [2.24, 2.45) is 11.0 Å². The first kappa shape index (κ1) is 26.1. The molecule has 2 heterocycles. The van der Waals surface area contributed by atoms with E-state index in [1.807, 2.05) is 42.5 Å². The third-order valence-corrected chi connectivity index (χ3v) is 6.86. The summed E-state index contributed by atoms with van der Waals surface area (Å²) in [6, 6.07) is 13.6. The zero-order valence-electron chi connectivity index (χ0n) is 21.4. The van der Waals surface area contributed by atoms with Crippen molar-refractivity contribution in [3.63, 3.8) is 0 Å². The summed E-state index contributed by atoms with van der Waals surface area (Å²) in [5.41, 5.74) is 6.69. The summed E-state index contributed by atoms with van der Waals surface area (Å²) in [6.07, 6.45) is 3.79. The molecule has 202 valence electrons. The van der Waals surface area contributed by atoms with Crippen LogP contribution in [0.15, 0.2) is 52.4 Å². The second kappa shape index (κ2) is 12.4. The number of ether oxygens (including phenoxy) is 2. The largest absolute Gasteiger partial charge is 0.491 e. The number of H-pyrrole nitrogens is 1. The topological polar surface area (TPSA) is 130 Å². The summed E-state index contributed by atoms with van der Waals surface area (Å²) >= 11 is 0. The molecule has 1 aliphatic heterocycles. The van der Waals surface area contributed by atoms with Gasteiger partial charge in [0.2, 0.25) is 5.91 Å². The summed E-state index contributed by atoms with van der Waals surface area (Å²) in [6.45, 7) is 3.12. The highest BCUT2D eigenvalue weighted by Gasteiger charge is 2.21. The number of carbonyl (C=O) groups is 1. The van der Waals surface area contributed by atoms with Crippen LogP contribution in [0.5, 0.6) is 5.75 Å². The van der Waals surface area contributed by atoms with Gasteiger partial charge in [-0.05, 0) is 60.6 Å². The molecule has 1 aliphatic carbocycles. The van der Waals surface area contributed by atoms with Gasteiger partial charge in [-0.1, -0.05) is 18.2 Å². The minimum Gasteiger partial charge on any atom is -0.491 e. The van der Waals surface area contributed by atoms with Crippen LogP contribution in [-0.2, 0) is 22.5 Å². The Bertz CT molecular complexity index is 1330. The Labute approximate surface area is 221 Å². The smallest absolute Gasteiger partial charge is 0.326 e. The molecule has 0 bridgehead atoms. The molecule has 0 saturated heterocycles. The van der Waals surface area contributed by atoms with Crippen molar-refractivity contribution in [1.29, 1.82) is 0 Å². The number of aliphatic hydroxyl groups excluding tert-OH is 1. The van der Waals surface area contributed by atoms with Crippen molar-refractivity contribution in [2.45, 2.75) is 44.8 Å². The highest BCUT2D eigenvalue weighted by Crippen LogP contribution is 2.28. The Hall–Kier alpha value is -3.47. The molecule has 4 N–H and O–H groups in total. The fourth-order valence-electron chi connectivity index (χ4n) is 4.44.